The number of carbonyl (C=O) groups is 1. The number of nitrogens with one attached hydrogen (secondary N) is 1. The van der Waals surface area contributed by atoms with Gasteiger partial charge in [-0.2, -0.15) is 17.5 Å². The second-order valence-electron chi connectivity index (χ2n) is 8.32. The summed E-state index contributed by atoms with van der Waals surface area (Å²) in [7, 11) is -4.08. The maximum absolute atomic E-state index is 13.2. The zero-order valence-corrected chi connectivity index (χ0v) is 21.8. The van der Waals surface area contributed by atoms with Gasteiger partial charge in [0.05, 0.1) is 22.7 Å². The first-order valence-corrected chi connectivity index (χ1v) is 13.3. The van der Waals surface area contributed by atoms with Crippen LogP contribution in [0.15, 0.2) is 103 Å². The van der Waals surface area contributed by atoms with Crippen LogP contribution in [0.4, 0.5) is 19.1 Å². The highest BCUT2D eigenvalue weighted by molar-refractivity contribution is 7.89. The largest absolute Gasteiger partial charge is 0.416 e. The SMILES string of the molecule is C=CCN(CC(=O)Nc1nc(-c2ccccc2)cn1-c1ccc(C(F)(F)F)cc1)S(=O)(=O)c1ccc(Cl)cc1. The lowest BCUT2D eigenvalue weighted by atomic mass is 10.2. The summed E-state index contributed by atoms with van der Waals surface area (Å²) in [4.78, 5) is 17.5. The number of hydrogen-bond donors (Lipinski definition) is 1. The first kappa shape index (κ1) is 28.1. The third-order valence-electron chi connectivity index (χ3n) is 5.60. The number of nitrogens with zero attached hydrogens (tertiary/aromatic N) is 3. The maximum atomic E-state index is 13.2. The van der Waals surface area contributed by atoms with E-state index in [1.807, 2.05) is 6.07 Å². The molecule has 0 aliphatic heterocycles. The number of imidazole rings is 1. The number of aromatic nitrogens is 2. The van der Waals surface area contributed by atoms with E-state index in [0.29, 0.717) is 22.0 Å². The van der Waals surface area contributed by atoms with Crippen LogP contribution in [0.3, 0.4) is 0 Å². The Balaban J connectivity index is 1.65. The second kappa shape index (κ2) is 11.4. The Morgan fingerprint density at radius 1 is 1.03 bits per heavy atom. The van der Waals surface area contributed by atoms with Crippen molar-refractivity contribution in [3.05, 3.63) is 108 Å². The number of halogens is 4. The topological polar surface area (TPSA) is 84.3 Å². The summed E-state index contributed by atoms with van der Waals surface area (Å²) in [6.07, 6.45) is -1.60. The Morgan fingerprint density at radius 2 is 1.67 bits per heavy atom. The first-order chi connectivity index (χ1) is 18.5. The first-order valence-electron chi connectivity index (χ1n) is 11.5. The minimum Gasteiger partial charge on any atom is -0.294 e. The molecule has 0 saturated heterocycles. The standard InChI is InChI=1S/C27H22ClF3N4O3S/c1-2-16-34(39(37,38)23-14-10-21(28)11-15-23)18-25(36)33-26-32-24(19-6-4-3-5-7-19)17-35(26)22-12-8-20(9-13-22)27(29,30)31/h2-15,17H,1,16,18H2,(H,32,33,36). The van der Waals surface area contributed by atoms with Gasteiger partial charge in [-0.15, -0.1) is 6.58 Å². The highest BCUT2D eigenvalue weighted by Crippen LogP contribution is 2.31. The van der Waals surface area contributed by atoms with Gasteiger partial charge in [-0.25, -0.2) is 13.4 Å². The van der Waals surface area contributed by atoms with Gasteiger partial charge >= 0.3 is 6.18 Å². The van der Waals surface area contributed by atoms with E-state index in [2.05, 4.69) is 16.9 Å². The number of benzene rings is 3. The molecule has 0 radical (unpaired) electrons. The fourth-order valence-corrected chi connectivity index (χ4v) is 5.19. The van der Waals surface area contributed by atoms with E-state index in [1.165, 1.54) is 47.0 Å². The quantitative estimate of drug-likeness (QED) is 0.248. The Morgan fingerprint density at radius 3 is 2.26 bits per heavy atom. The minimum atomic E-state index is -4.51. The molecule has 1 N–H and O–H groups in total. The van der Waals surface area contributed by atoms with Gasteiger partial charge < -0.3 is 0 Å². The summed E-state index contributed by atoms with van der Waals surface area (Å²) in [6.45, 7) is 2.85. The Bertz CT molecular complexity index is 1570. The highest BCUT2D eigenvalue weighted by atomic mass is 35.5. The van der Waals surface area contributed by atoms with E-state index in [1.54, 1.807) is 30.5 Å². The number of amides is 1. The van der Waals surface area contributed by atoms with Gasteiger partial charge in [-0.1, -0.05) is 48.0 Å². The lowest BCUT2D eigenvalue weighted by molar-refractivity contribution is -0.137. The number of rotatable bonds is 9. The fourth-order valence-electron chi connectivity index (χ4n) is 3.70. The van der Waals surface area contributed by atoms with Crippen LogP contribution in [-0.2, 0) is 21.0 Å². The lowest BCUT2D eigenvalue weighted by Crippen LogP contribution is -2.38. The Labute approximate surface area is 228 Å². The average Bonchev–Trinajstić information content (AvgIpc) is 3.32. The van der Waals surface area contributed by atoms with Crippen LogP contribution in [0.5, 0.6) is 0 Å². The number of hydrogen-bond acceptors (Lipinski definition) is 4. The summed E-state index contributed by atoms with van der Waals surface area (Å²) in [5.41, 5.74) is 0.636. The van der Waals surface area contributed by atoms with Crippen LogP contribution in [0.2, 0.25) is 5.02 Å². The van der Waals surface area contributed by atoms with E-state index in [4.69, 9.17) is 11.6 Å². The zero-order chi connectivity index (χ0) is 28.2. The van der Waals surface area contributed by atoms with Crippen molar-refractivity contribution in [3.8, 4) is 16.9 Å². The van der Waals surface area contributed by atoms with E-state index in [0.717, 1.165) is 16.4 Å². The molecule has 7 nitrogen and oxygen atoms in total. The normalized spacial score (nSPS) is 11.9. The van der Waals surface area contributed by atoms with Crippen molar-refractivity contribution < 1.29 is 26.4 Å². The molecule has 0 spiro atoms. The van der Waals surface area contributed by atoms with Crippen molar-refractivity contribution in [1.29, 1.82) is 0 Å². The van der Waals surface area contributed by atoms with Crippen molar-refractivity contribution in [2.75, 3.05) is 18.4 Å². The molecule has 3 aromatic carbocycles. The molecule has 0 aliphatic rings. The van der Waals surface area contributed by atoms with Gasteiger partial charge in [0.25, 0.3) is 0 Å². The van der Waals surface area contributed by atoms with Gasteiger partial charge in [-0.3, -0.25) is 14.7 Å². The molecule has 12 heteroatoms. The third-order valence-corrected chi connectivity index (χ3v) is 7.68. The molecule has 4 rings (SSSR count). The smallest absolute Gasteiger partial charge is 0.294 e. The Hall–Kier alpha value is -3.93. The van der Waals surface area contributed by atoms with Crippen LogP contribution in [0.25, 0.3) is 16.9 Å². The number of anilines is 1. The lowest BCUT2D eigenvalue weighted by Gasteiger charge is -2.20. The van der Waals surface area contributed by atoms with Gasteiger partial charge in [0.15, 0.2) is 0 Å². The van der Waals surface area contributed by atoms with Crippen molar-refractivity contribution in [1.82, 2.24) is 13.9 Å². The molecule has 0 fully saturated rings. The van der Waals surface area contributed by atoms with Crippen molar-refractivity contribution in [3.63, 3.8) is 0 Å². The van der Waals surface area contributed by atoms with Crippen molar-refractivity contribution in [2.24, 2.45) is 0 Å². The molecular weight excluding hydrogens is 553 g/mol. The molecule has 1 aromatic heterocycles. The molecule has 0 aliphatic carbocycles. The monoisotopic (exact) mass is 574 g/mol. The van der Waals surface area contributed by atoms with Gasteiger partial charge in [-0.05, 0) is 48.5 Å². The summed E-state index contributed by atoms with van der Waals surface area (Å²) in [5.74, 6) is -0.714. The molecule has 0 saturated carbocycles. The van der Waals surface area contributed by atoms with Crippen molar-refractivity contribution in [2.45, 2.75) is 11.1 Å². The van der Waals surface area contributed by atoms with E-state index in [-0.39, 0.29) is 17.4 Å². The number of sulfonamides is 1. The van der Waals surface area contributed by atoms with Gasteiger partial charge in [0.2, 0.25) is 21.9 Å². The molecule has 1 amide bonds. The predicted molar refractivity (Wildman–Crippen MR) is 143 cm³/mol. The fraction of sp³-hybridized carbons (Fsp3) is 0.111. The number of alkyl halides is 3. The second-order valence-corrected chi connectivity index (χ2v) is 10.7. The molecular formula is C27H22ClF3N4O3S. The van der Waals surface area contributed by atoms with E-state index < -0.39 is 34.2 Å². The molecule has 0 bridgehead atoms. The average molecular weight is 575 g/mol. The molecule has 0 atom stereocenters. The van der Waals surface area contributed by atoms with Crippen LogP contribution >= 0.6 is 11.6 Å². The molecule has 202 valence electrons. The highest BCUT2D eigenvalue weighted by Gasteiger charge is 2.30. The van der Waals surface area contributed by atoms with E-state index in [9.17, 15) is 26.4 Å². The Kier molecular flexibility index (Phi) is 8.24. The summed E-state index contributed by atoms with van der Waals surface area (Å²) >= 11 is 5.87. The summed E-state index contributed by atoms with van der Waals surface area (Å²) < 4.78 is 67.9. The third kappa shape index (κ3) is 6.56. The van der Waals surface area contributed by atoms with E-state index >= 15 is 0 Å². The number of carbonyl (C=O) groups excluding carboxylic acids is 1. The van der Waals surface area contributed by atoms with Crippen LogP contribution in [-0.4, -0.2) is 41.3 Å². The van der Waals surface area contributed by atoms with Crippen LogP contribution < -0.4 is 5.32 Å². The predicted octanol–water partition coefficient (Wildman–Crippen LogP) is 6.03. The molecule has 0 unspecified atom stereocenters. The van der Waals surface area contributed by atoms with Crippen molar-refractivity contribution >= 4 is 33.5 Å². The maximum Gasteiger partial charge on any atom is 0.416 e. The molecule has 4 aromatic rings. The zero-order valence-electron chi connectivity index (χ0n) is 20.3. The molecule has 39 heavy (non-hydrogen) atoms. The van der Waals surface area contributed by atoms with Gasteiger partial charge in [0.1, 0.15) is 0 Å². The molecule has 1 heterocycles. The summed E-state index contributed by atoms with van der Waals surface area (Å²) in [6, 6.07) is 18.8. The summed E-state index contributed by atoms with van der Waals surface area (Å²) in [5, 5.41) is 2.95. The minimum absolute atomic E-state index is 0.000977. The van der Waals surface area contributed by atoms with Gasteiger partial charge in [0, 0.05) is 29.0 Å². The van der Waals surface area contributed by atoms with Crippen LogP contribution in [0.1, 0.15) is 5.56 Å². The van der Waals surface area contributed by atoms with Crippen LogP contribution in [0, 0.1) is 0 Å².